The van der Waals surface area contributed by atoms with Gasteiger partial charge in [-0.25, -0.2) is 0 Å². The molecule has 0 fully saturated rings. The lowest BCUT2D eigenvalue weighted by Crippen LogP contribution is -2.34. The van der Waals surface area contributed by atoms with Crippen LogP contribution in [0.25, 0.3) is 0 Å². The smallest absolute Gasteiger partial charge is 0.221 e. The lowest BCUT2D eigenvalue weighted by atomic mass is 10.2. The van der Waals surface area contributed by atoms with Gasteiger partial charge in [-0.2, -0.15) is 0 Å². The molecule has 0 bridgehead atoms. The number of hydrogen-bond acceptors (Lipinski definition) is 3. The molecule has 14 heavy (non-hydrogen) atoms. The van der Waals surface area contributed by atoms with Gasteiger partial charge in [0.05, 0.1) is 0 Å². The zero-order valence-electron chi connectivity index (χ0n) is 8.80. The Bertz CT molecular complexity index is 194. The molecule has 5 heteroatoms. The van der Waals surface area contributed by atoms with Crippen molar-refractivity contribution in [3.05, 3.63) is 0 Å². The molecule has 0 rings (SSSR count). The largest absolute Gasteiger partial charge is 0.370 e. The molecular weight excluding hydrogens is 182 g/mol. The molecule has 4 N–H and O–H groups in total. The predicted octanol–water partition coefficient (Wildman–Crippen LogP) is -0.634. The predicted molar refractivity (Wildman–Crippen MR) is 54.6 cm³/mol. The van der Waals surface area contributed by atoms with Gasteiger partial charge < -0.3 is 16.4 Å². The number of rotatable bonds is 7. The van der Waals surface area contributed by atoms with Gasteiger partial charge in [0.15, 0.2) is 0 Å². The van der Waals surface area contributed by atoms with Gasteiger partial charge in [0.25, 0.3) is 0 Å². The second-order valence-corrected chi connectivity index (χ2v) is 3.23. The molecule has 0 heterocycles. The molecule has 0 radical (unpaired) electrons. The lowest BCUT2D eigenvalue weighted by molar-refractivity contribution is -0.121. The van der Waals surface area contributed by atoms with E-state index < -0.39 is 5.91 Å². The molecule has 82 valence electrons. The van der Waals surface area contributed by atoms with Crippen LogP contribution in [0.2, 0.25) is 0 Å². The maximum absolute atomic E-state index is 11.2. The summed E-state index contributed by atoms with van der Waals surface area (Å²) in [7, 11) is 0. The fourth-order valence-corrected chi connectivity index (χ4v) is 1.10. The summed E-state index contributed by atoms with van der Waals surface area (Å²) in [5.41, 5.74) is 4.93. The van der Waals surface area contributed by atoms with Crippen LogP contribution >= 0.6 is 0 Å². The molecule has 0 aromatic heterocycles. The molecule has 0 aliphatic heterocycles. The average molecular weight is 201 g/mol. The van der Waals surface area contributed by atoms with Gasteiger partial charge in [-0.1, -0.05) is 6.92 Å². The summed E-state index contributed by atoms with van der Waals surface area (Å²) in [5.74, 6) is -0.454. The molecule has 0 spiro atoms. The Morgan fingerprint density at radius 3 is 2.57 bits per heavy atom. The molecule has 0 saturated carbocycles. The first-order valence-electron chi connectivity index (χ1n) is 4.84. The molecule has 0 saturated heterocycles. The Morgan fingerprint density at radius 2 is 2.07 bits per heavy atom. The third-order valence-electron chi connectivity index (χ3n) is 1.74. The highest BCUT2D eigenvalue weighted by Gasteiger charge is 2.07. The fraction of sp³-hybridized carbons (Fsp3) is 0.778. The molecule has 1 atom stereocenters. The van der Waals surface area contributed by atoms with E-state index in [4.69, 9.17) is 5.73 Å². The molecule has 0 aromatic rings. The maximum Gasteiger partial charge on any atom is 0.221 e. The van der Waals surface area contributed by atoms with Crippen LogP contribution in [0.15, 0.2) is 0 Å². The van der Waals surface area contributed by atoms with Crippen molar-refractivity contribution in [3.63, 3.8) is 0 Å². The van der Waals surface area contributed by atoms with E-state index in [9.17, 15) is 9.59 Å². The summed E-state index contributed by atoms with van der Waals surface area (Å²) >= 11 is 0. The van der Waals surface area contributed by atoms with Crippen LogP contribution in [0, 0.1) is 0 Å². The quantitative estimate of drug-likeness (QED) is 0.512. The number of carbonyl (C=O) groups is 2. The highest BCUT2D eigenvalue weighted by molar-refractivity contribution is 5.78. The van der Waals surface area contributed by atoms with E-state index in [0.29, 0.717) is 13.0 Å². The minimum Gasteiger partial charge on any atom is -0.370 e. The second kappa shape index (κ2) is 7.32. The number of nitrogens with one attached hydrogen (secondary N) is 2. The highest BCUT2D eigenvalue weighted by Crippen LogP contribution is 1.89. The first-order valence-corrected chi connectivity index (χ1v) is 4.84. The van der Waals surface area contributed by atoms with Crippen LogP contribution in [0.5, 0.6) is 0 Å². The van der Waals surface area contributed by atoms with Gasteiger partial charge >= 0.3 is 0 Å². The van der Waals surface area contributed by atoms with Crippen LogP contribution < -0.4 is 16.4 Å². The van der Waals surface area contributed by atoms with Crippen LogP contribution in [-0.2, 0) is 9.59 Å². The minimum atomic E-state index is -0.398. The topological polar surface area (TPSA) is 84.2 Å². The van der Waals surface area contributed by atoms with Crippen LogP contribution in [0.3, 0.4) is 0 Å². The normalized spacial score (nSPS) is 12.1. The minimum absolute atomic E-state index is 0.0558. The van der Waals surface area contributed by atoms with Gasteiger partial charge in [0.2, 0.25) is 11.8 Å². The number of amides is 2. The summed E-state index contributed by atoms with van der Waals surface area (Å²) in [4.78, 5) is 21.6. The number of carbonyl (C=O) groups excluding carboxylic acids is 2. The molecule has 0 aromatic carbocycles. The van der Waals surface area contributed by atoms with Gasteiger partial charge in [-0.05, 0) is 13.5 Å². The van der Waals surface area contributed by atoms with Crippen molar-refractivity contribution < 1.29 is 9.59 Å². The SMILES string of the molecule is CCNC(C)CC(=O)NCCC(N)=O. The van der Waals surface area contributed by atoms with Crippen LogP contribution in [0.4, 0.5) is 0 Å². The van der Waals surface area contributed by atoms with E-state index in [1.54, 1.807) is 0 Å². The monoisotopic (exact) mass is 201 g/mol. The van der Waals surface area contributed by atoms with Gasteiger partial charge in [0, 0.05) is 25.4 Å². The maximum atomic E-state index is 11.2. The average Bonchev–Trinajstić information content (AvgIpc) is 2.03. The molecule has 0 aliphatic carbocycles. The molecule has 2 amide bonds. The van der Waals surface area contributed by atoms with Crippen molar-refractivity contribution in [3.8, 4) is 0 Å². The van der Waals surface area contributed by atoms with Crippen molar-refractivity contribution in [1.82, 2.24) is 10.6 Å². The van der Waals surface area contributed by atoms with E-state index in [1.165, 1.54) is 0 Å². The number of primary amides is 1. The first-order chi connectivity index (χ1) is 6.56. The summed E-state index contributed by atoms with van der Waals surface area (Å²) in [5, 5.41) is 5.75. The second-order valence-electron chi connectivity index (χ2n) is 3.23. The van der Waals surface area contributed by atoms with E-state index in [2.05, 4.69) is 10.6 Å². The van der Waals surface area contributed by atoms with E-state index in [-0.39, 0.29) is 18.4 Å². The molecular formula is C9H19N3O2. The van der Waals surface area contributed by atoms with Crippen LogP contribution in [-0.4, -0.2) is 30.9 Å². The van der Waals surface area contributed by atoms with E-state index in [0.717, 1.165) is 6.54 Å². The Kier molecular flexibility index (Phi) is 6.74. The molecule has 1 unspecified atom stereocenters. The third-order valence-corrected chi connectivity index (χ3v) is 1.74. The summed E-state index contributed by atoms with van der Waals surface area (Å²) < 4.78 is 0. The lowest BCUT2D eigenvalue weighted by Gasteiger charge is -2.11. The number of hydrogen-bond donors (Lipinski definition) is 3. The zero-order chi connectivity index (χ0) is 11.0. The number of nitrogens with two attached hydrogens (primary N) is 1. The molecule has 0 aliphatic rings. The Morgan fingerprint density at radius 1 is 1.43 bits per heavy atom. The van der Waals surface area contributed by atoms with Crippen molar-refractivity contribution >= 4 is 11.8 Å². The fourth-order valence-electron chi connectivity index (χ4n) is 1.10. The van der Waals surface area contributed by atoms with Crippen molar-refractivity contribution in [2.75, 3.05) is 13.1 Å². The van der Waals surface area contributed by atoms with E-state index >= 15 is 0 Å². The van der Waals surface area contributed by atoms with Crippen molar-refractivity contribution in [2.24, 2.45) is 5.73 Å². The Balaban J connectivity index is 3.50. The Hall–Kier alpha value is -1.10. The molecule has 5 nitrogen and oxygen atoms in total. The summed E-state index contributed by atoms with van der Waals surface area (Å²) in [6, 6.07) is 0.161. The Labute approximate surface area is 84.4 Å². The summed E-state index contributed by atoms with van der Waals surface area (Å²) in [6.45, 7) is 5.10. The van der Waals surface area contributed by atoms with Gasteiger partial charge in [-0.15, -0.1) is 0 Å². The van der Waals surface area contributed by atoms with Gasteiger partial charge in [0.1, 0.15) is 0 Å². The zero-order valence-corrected chi connectivity index (χ0v) is 8.80. The van der Waals surface area contributed by atoms with Crippen molar-refractivity contribution in [2.45, 2.75) is 32.7 Å². The standard InChI is InChI=1S/C9H19N3O2/c1-3-11-7(2)6-9(14)12-5-4-8(10)13/h7,11H,3-6H2,1-2H3,(H2,10,13)(H,12,14). The first kappa shape index (κ1) is 12.9. The van der Waals surface area contributed by atoms with E-state index in [1.807, 2.05) is 13.8 Å². The van der Waals surface area contributed by atoms with Crippen LogP contribution in [0.1, 0.15) is 26.7 Å². The van der Waals surface area contributed by atoms with Crippen molar-refractivity contribution in [1.29, 1.82) is 0 Å². The van der Waals surface area contributed by atoms with Gasteiger partial charge in [-0.3, -0.25) is 9.59 Å². The summed E-state index contributed by atoms with van der Waals surface area (Å²) in [6.07, 6.45) is 0.619. The third kappa shape index (κ3) is 7.54. The highest BCUT2D eigenvalue weighted by atomic mass is 16.2.